The highest BCUT2D eigenvalue weighted by molar-refractivity contribution is 7.90. The molecule has 0 unspecified atom stereocenters. The molecule has 2 aromatic carbocycles. The molecule has 3 aromatic rings. The van der Waals surface area contributed by atoms with Crippen molar-refractivity contribution >= 4 is 29.2 Å². The molecule has 0 bridgehead atoms. The molecule has 0 aliphatic carbocycles. The minimum Gasteiger partial charge on any atom is -0.414 e. The van der Waals surface area contributed by atoms with Crippen LogP contribution in [-0.2, 0) is 30.3 Å². The topological polar surface area (TPSA) is 107 Å². The van der Waals surface area contributed by atoms with Gasteiger partial charge in [-0.05, 0) is 48.3 Å². The van der Waals surface area contributed by atoms with Gasteiger partial charge in [-0.25, -0.2) is 12.4 Å². The van der Waals surface area contributed by atoms with Crippen LogP contribution in [0, 0.1) is 0 Å². The lowest BCUT2D eigenvalue weighted by molar-refractivity contribution is -0.270. The van der Waals surface area contributed by atoms with Crippen LogP contribution in [0.2, 0.25) is 18.1 Å². The van der Waals surface area contributed by atoms with Gasteiger partial charge in [0.05, 0.1) is 35.8 Å². The Labute approximate surface area is 226 Å². The Morgan fingerprint density at radius 2 is 1.71 bits per heavy atom. The maximum atomic E-state index is 13.3. The third kappa shape index (κ3) is 6.07. The van der Waals surface area contributed by atoms with Gasteiger partial charge in [0.15, 0.2) is 14.6 Å². The number of hydrogen-bond donors (Lipinski definition) is 2. The van der Waals surface area contributed by atoms with Crippen molar-refractivity contribution in [3.05, 3.63) is 66.4 Å². The summed E-state index contributed by atoms with van der Waals surface area (Å²) in [6.07, 6.45) is -1.29. The molecule has 8 nitrogen and oxygen atoms in total. The van der Waals surface area contributed by atoms with E-state index in [-0.39, 0.29) is 23.0 Å². The van der Waals surface area contributed by atoms with Crippen molar-refractivity contribution in [3.8, 4) is 0 Å². The number of aromatic nitrogens is 1. The van der Waals surface area contributed by atoms with Crippen LogP contribution in [0.25, 0.3) is 10.9 Å². The second-order valence-corrected chi connectivity index (χ2v) is 18.0. The Morgan fingerprint density at radius 1 is 1.05 bits per heavy atom. The first kappa shape index (κ1) is 28.9. The van der Waals surface area contributed by atoms with Gasteiger partial charge in [-0.1, -0.05) is 57.2 Å². The lowest BCUT2D eigenvalue weighted by Crippen LogP contribution is -2.52. The first-order valence-electron chi connectivity index (χ1n) is 13.0. The maximum Gasteiger partial charge on any atom is 0.268 e. The molecule has 4 rings (SSSR count). The summed E-state index contributed by atoms with van der Waals surface area (Å²) in [7, 11) is -5.77. The minimum atomic E-state index is -3.78. The monoisotopic (exact) mass is 561 g/mol. The summed E-state index contributed by atoms with van der Waals surface area (Å²) in [5, 5.41) is 21.8. The number of fused-ring (bicyclic) bond motifs is 1. The third-order valence-electron chi connectivity index (χ3n) is 7.65. The SMILES string of the molecule is CC(C)(C)[Si](C)(C)OC[C@@H]1C[C@H](O)[C@@H](O)[C@@H](OCCc2cn(S(=O)(=O)c3ccccc3)c3ccccc23)O1. The molecule has 1 aliphatic heterocycles. The predicted octanol–water partition coefficient (Wildman–Crippen LogP) is 4.30. The standard InChI is InChI=1S/C28H39NO7SSi/c1-28(2,3)38(4,5)35-19-21-17-25(30)26(31)27(36-21)34-16-15-20-18-29(24-14-10-9-13-23(20)24)37(32,33)22-11-7-6-8-12-22/h6-14,18,21,25-27,30-31H,15-17,19H2,1-5H3/t21-,25-,26+,27-/m0/s1. The maximum absolute atomic E-state index is 13.3. The highest BCUT2D eigenvalue weighted by atomic mass is 32.2. The number of rotatable bonds is 9. The fourth-order valence-electron chi connectivity index (χ4n) is 4.29. The molecule has 2 N–H and O–H groups in total. The highest BCUT2D eigenvalue weighted by Crippen LogP contribution is 2.37. The number of aliphatic hydroxyl groups is 2. The van der Waals surface area contributed by atoms with Gasteiger partial charge in [-0.3, -0.25) is 0 Å². The van der Waals surface area contributed by atoms with E-state index in [1.54, 1.807) is 48.7 Å². The van der Waals surface area contributed by atoms with E-state index in [1.807, 2.05) is 12.1 Å². The van der Waals surface area contributed by atoms with E-state index in [4.69, 9.17) is 13.9 Å². The number of aliphatic hydroxyl groups excluding tert-OH is 2. The van der Waals surface area contributed by atoms with Gasteiger partial charge in [0.2, 0.25) is 0 Å². The molecular formula is C28H39NO7SSi. The van der Waals surface area contributed by atoms with Gasteiger partial charge in [0.1, 0.15) is 6.10 Å². The van der Waals surface area contributed by atoms with Crippen molar-refractivity contribution in [2.24, 2.45) is 0 Å². The largest absolute Gasteiger partial charge is 0.414 e. The van der Waals surface area contributed by atoms with E-state index in [1.165, 1.54) is 3.97 Å². The van der Waals surface area contributed by atoms with Crippen molar-refractivity contribution in [1.29, 1.82) is 0 Å². The minimum absolute atomic E-state index is 0.0445. The van der Waals surface area contributed by atoms with E-state index in [0.29, 0.717) is 18.5 Å². The van der Waals surface area contributed by atoms with E-state index < -0.39 is 42.9 Å². The molecule has 1 aromatic heterocycles. The van der Waals surface area contributed by atoms with Gasteiger partial charge in [-0.2, -0.15) is 0 Å². The average molecular weight is 562 g/mol. The van der Waals surface area contributed by atoms with E-state index in [9.17, 15) is 18.6 Å². The van der Waals surface area contributed by atoms with Crippen LogP contribution >= 0.6 is 0 Å². The number of para-hydroxylation sites is 1. The normalized spacial score (nSPS) is 23.1. The molecule has 0 saturated carbocycles. The molecule has 1 aliphatic rings. The smallest absolute Gasteiger partial charge is 0.268 e. The molecule has 208 valence electrons. The predicted molar refractivity (Wildman–Crippen MR) is 149 cm³/mol. The molecule has 1 saturated heterocycles. The fourth-order valence-corrected chi connectivity index (χ4v) is 6.73. The van der Waals surface area contributed by atoms with Gasteiger partial charge >= 0.3 is 0 Å². The summed E-state index contributed by atoms with van der Waals surface area (Å²) in [6.45, 7) is 11.3. The van der Waals surface area contributed by atoms with Crippen LogP contribution in [0.15, 0.2) is 65.7 Å². The van der Waals surface area contributed by atoms with E-state index in [2.05, 4.69) is 33.9 Å². The Kier molecular flexibility index (Phi) is 8.54. The second-order valence-electron chi connectivity index (χ2n) is 11.4. The van der Waals surface area contributed by atoms with E-state index in [0.717, 1.165) is 10.9 Å². The van der Waals surface area contributed by atoms with Gasteiger partial charge in [-0.15, -0.1) is 0 Å². The number of ether oxygens (including phenoxy) is 2. The zero-order valence-corrected chi connectivity index (χ0v) is 24.5. The summed E-state index contributed by atoms with van der Waals surface area (Å²) in [6, 6.07) is 15.6. The Morgan fingerprint density at radius 3 is 2.39 bits per heavy atom. The zero-order chi connectivity index (χ0) is 27.7. The fraction of sp³-hybridized carbons (Fsp3) is 0.500. The Balaban J connectivity index is 1.45. The van der Waals surface area contributed by atoms with Crippen molar-refractivity contribution in [2.45, 2.75) is 81.2 Å². The Bertz CT molecular complexity index is 1330. The number of nitrogens with zero attached hydrogens (tertiary/aromatic N) is 1. The third-order valence-corrected chi connectivity index (χ3v) is 13.8. The van der Waals surface area contributed by atoms with Crippen LogP contribution in [0.4, 0.5) is 0 Å². The van der Waals surface area contributed by atoms with Crippen LogP contribution in [-0.4, -0.2) is 68.7 Å². The van der Waals surface area contributed by atoms with Crippen molar-refractivity contribution in [3.63, 3.8) is 0 Å². The Hall–Kier alpha value is -2.05. The number of hydrogen-bond acceptors (Lipinski definition) is 7. The van der Waals surface area contributed by atoms with Crippen LogP contribution in [0.1, 0.15) is 32.8 Å². The summed E-state index contributed by atoms with van der Waals surface area (Å²) >= 11 is 0. The molecule has 0 radical (unpaired) electrons. The van der Waals surface area contributed by atoms with Gasteiger partial charge in [0.25, 0.3) is 10.0 Å². The molecule has 4 atom stereocenters. The summed E-state index contributed by atoms with van der Waals surface area (Å²) in [5.74, 6) is 0. The molecule has 38 heavy (non-hydrogen) atoms. The summed E-state index contributed by atoms with van der Waals surface area (Å²) < 4.78 is 46.1. The second kappa shape index (κ2) is 11.2. The van der Waals surface area contributed by atoms with Crippen LogP contribution < -0.4 is 0 Å². The van der Waals surface area contributed by atoms with Gasteiger partial charge in [0, 0.05) is 18.0 Å². The lowest BCUT2D eigenvalue weighted by atomic mass is 10.0. The summed E-state index contributed by atoms with van der Waals surface area (Å²) in [5.41, 5.74) is 1.38. The van der Waals surface area contributed by atoms with Gasteiger partial charge < -0.3 is 24.1 Å². The quantitative estimate of drug-likeness (QED) is 0.375. The first-order chi connectivity index (χ1) is 17.8. The molecular weight excluding hydrogens is 522 g/mol. The van der Waals surface area contributed by atoms with Crippen LogP contribution in [0.3, 0.4) is 0 Å². The molecule has 0 amide bonds. The van der Waals surface area contributed by atoms with Crippen LogP contribution in [0.5, 0.6) is 0 Å². The molecule has 0 spiro atoms. The van der Waals surface area contributed by atoms with Crippen molar-refractivity contribution in [1.82, 2.24) is 3.97 Å². The van der Waals surface area contributed by atoms with Crippen molar-refractivity contribution < 1.29 is 32.5 Å². The lowest BCUT2D eigenvalue weighted by Gasteiger charge is -2.40. The average Bonchev–Trinajstić information content (AvgIpc) is 3.25. The van der Waals surface area contributed by atoms with Crippen molar-refractivity contribution in [2.75, 3.05) is 13.2 Å². The molecule has 10 heteroatoms. The first-order valence-corrected chi connectivity index (χ1v) is 17.3. The molecule has 1 fully saturated rings. The zero-order valence-electron chi connectivity index (χ0n) is 22.7. The highest BCUT2D eigenvalue weighted by Gasteiger charge is 2.41. The summed E-state index contributed by atoms with van der Waals surface area (Å²) in [4.78, 5) is 0.210. The molecule has 2 heterocycles. The van der Waals surface area contributed by atoms with E-state index >= 15 is 0 Å². The number of benzene rings is 2.